The Kier molecular flexibility index (Phi) is 8.70. The summed E-state index contributed by atoms with van der Waals surface area (Å²) in [5.74, 6) is 0.778. The molecule has 0 atom stereocenters. The van der Waals surface area contributed by atoms with Crippen molar-refractivity contribution in [3.63, 3.8) is 0 Å². The van der Waals surface area contributed by atoms with E-state index in [0.717, 1.165) is 31.0 Å². The van der Waals surface area contributed by atoms with Gasteiger partial charge in [0.25, 0.3) is 0 Å². The van der Waals surface area contributed by atoms with Crippen LogP contribution in [0.25, 0.3) is 0 Å². The van der Waals surface area contributed by atoms with Crippen LogP contribution in [0.1, 0.15) is 38.2 Å². The van der Waals surface area contributed by atoms with Crippen LogP contribution in [0.4, 0.5) is 5.69 Å². The third-order valence-corrected chi connectivity index (χ3v) is 4.09. The van der Waals surface area contributed by atoms with E-state index >= 15 is 0 Å². The Hall–Kier alpha value is -2.33. The second-order valence-corrected chi connectivity index (χ2v) is 6.64. The highest BCUT2D eigenvalue weighted by Gasteiger charge is 2.08. The number of unbranched alkanes of at least 4 members (excludes halogenated alkanes) is 3. The summed E-state index contributed by atoms with van der Waals surface area (Å²) in [4.78, 5) is 14.3. The van der Waals surface area contributed by atoms with Crippen LogP contribution in [0.5, 0.6) is 5.75 Å². The summed E-state index contributed by atoms with van der Waals surface area (Å²) in [6.07, 6.45) is 4.73. The van der Waals surface area contributed by atoms with E-state index in [9.17, 15) is 4.79 Å². The second kappa shape index (κ2) is 11.3. The molecule has 0 saturated heterocycles. The Morgan fingerprint density at radius 1 is 1.04 bits per heavy atom. The lowest BCUT2D eigenvalue weighted by molar-refractivity contribution is -0.117. The first-order valence-electron chi connectivity index (χ1n) is 9.42. The lowest BCUT2D eigenvalue weighted by atomic mass is 10.2. The molecule has 4 heteroatoms. The highest BCUT2D eigenvalue weighted by atomic mass is 16.5. The van der Waals surface area contributed by atoms with Gasteiger partial charge in [0.15, 0.2) is 0 Å². The van der Waals surface area contributed by atoms with Crippen LogP contribution in [0.2, 0.25) is 0 Å². The summed E-state index contributed by atoms with van der Waals surface area (Å²) in [7, 11) is 1.95. The third kappa shape index (κ3) is 7.70. The van der Waals surface area contributed by atoms with Gasteiger partial charge >= 0.3 is 0 Å². The Balaban J connectivity index is 1.76. The number of carbonyl (C=O) groups is 1. The number of benzene rings is 2. The van der Waals surface area contributed by atoms with Crippen molar-refractivity contribution < 1.29 is 9.53 Å². The van der Waals surface area contributed by atoms with E-state index in [1.165, 1.54) is 24.8 Å². The van der Waals surface area contributed by atoms with E-state index in [1.807, 2.05) is 54.4 Å². The molecule has 0 fully saturated rings. The van der Waals surface area contributed by atoms with Crippen LogP contribution in [-0.4, -0.2) is 31.0 Å². The van der Waals surface area contributed by atoms with Gasteiger partial charge in [-0.1, -0.05) is 62.6 Å². The molecule has 0 bridgehead atoms. The minimum absolute atomic E-state index is 0.0245. The predicted molar refractivity (Wildman–Crippen MR) is 107 cm³/mol. The normalized spacial score (nSPS) is 10.7. The number of amides is 1. The minimum atomic E-state index is -0.0245. The molecule has 4 nitrogen and oxygen atoms in total. The maximum atomic E-state index is 12.3. The van der Waals surface area contributed by atoms with E-state index in [2.05, 4.69) is 24.4 Å². The number of ether oxygens (including phenoxy) is 1. The number of hydrogen-bond acceptors (Lipinski definition) is 3. The number of nitrogens with zero attached hydrogens (tertiary/aromatic N) is 1. The fourth-order valence-corrected chi connectivity index (χ4v) is 2.78. The zero-order valence-electron chi connectivity index (χ0n) is 15.9. The van der Waals surface area contributed by atoms with Crippen LogP contribution in [0, 0.1) is 0 Å². The molecule has 0 radical (unpaired) electrons. The third-order valence-electron chi connectivity index (χ3n) is 4.09. The summed E-state index contributed by atoms with van der Waals surface area (Å²) in [6.45, 7) is 4.01. The number of carbonyl (C=O) groups excluding carboxylic acids is 1. The van der Waals surface area contributed by atoms with Gasteiger partial charge in [-0.2, -0.15) is 0 Å². The molecular formula is C22H30N2O2. The quantitative estimate of drug-likeness (QED) is 0.594. The SMILES string of the molecule is CCCCCCOc1cccc(NC(=O)CN(C)Cc2ccccc2)c1. The monoisotopic (exact) mass is 354 g/mol. The number of likely N-dealkylation sites (N-methyl/N-ethyl adjacent to an activating group) is 1. The maximum absolute atomic E-state index is 12.3. The zero-order chi connectivity index (χ0) is 18.6. The van der Waals surface area contributed by atoms with Crippen molar-refractivity contribution in [3.05, 3.63) is 60.2 Å². The summed E-state index contributed by atoms with van der Waals surface area (Å²) >= 11 is 0. The van der Waals surface area contributed by atoms with Crippen molar-refractivity contribution in [2.75, 3.05) is 25.5 Å². The molecule has 2 rings (SSSR count). The van der Waals surface area contributed by atoms with Gasteiger partial charge in [0.05, 0.1) is 13.2 Å². The number of nitrogens with one attached hydrogen (secondary N) is 1. The minimum Gasteiger partial charge on any atom is -0.494 e. The summed E-state index contributed by atoms with van der Waals surface area (Å²) in [5, 5.41) is 2.95. The standard InChI is InChI=1S/C22H30N2O2/c1-3-4-5-9-15-26-21-14-10-13-20(16-21)23-22(25)18-24(2)17-19-11-7-6-8-12-19/h6-8,10-14,16H,3-5,9,15,17-18H2,1-2H3,(H,23,25). The van der Waals surface area contributed by atoms with Gasteiger partial charge in [0.2, 0.25) is 5.91 Å². The molecule has 0 saturated carbocycles. The first-order chi connectivity index (χ1) is 12.7. The number of rotatable bonds is 11. The van der Waals surface area contributed by atoms with Gasteiger partial charge in [-0.15, -0.1) is 0 Å². The average Bonchev–Trinajstić information content (AvgIpc) is 2.62. The summed E-state index contributed by atoms with van der Waals surface area (Å²) < 4.78 is 5.77. The molecule has 0 aromatic heterocycles. The van der Waals surface area contributed by atoms with Crippen LogP contribution in [0.15, 0.2) is 54.6 Å². The van der Waals surface area contributed by atoms with Crippen molar-refractivity contribution >= 4 is 11.6 Å². The fraction of sp³-hybridized carbons (Fsp3) is 0.409. The van der Waals surface area contributed by atoms with Gasteiger partial charge in [0, 0.05) is 18.3 Å². The first-order valence-corrected chi connectivity index (χ1v) is 9.42. The molecule has 0 aliphatic heterocycles. The maximum Gasteiger partial charge on any atom is 0.238 e. The van der Waals surface area contributed by atoms with E-state index < -0.39 is 0 Å². The first kappa shape index (κ1) is 20.0. The number of anilines is 1. The summed E-state index contributed by atoms with van der Waals surface area (Å²) in [6, 6.07) is 17.8. The lowest BCUT2D eigenvalue weighted by Gasteiger charge is -2.16. The van der Waals surface area contributed by atoms with E-state index in [1.54, 1.807) is 0 Å². The van der Waals surface area contributed by atoms with Crippen molar-refractivity contribution in [1.82, 2.24) is 4.90 Å². The van der Waals surface area contributed by atoms with Gasteiger partial charge in [0.1, 0.15) is 5.75 Å². The van der Waals surface area contributed by atoms with Gasteiger partial charge in [-0.25, -0.2) is 0 Å². The van der Waals surface area contributed by atoms with Crippen LogP contribution in [0.3, 0.4) is 0 Å². The van der Waals surface area contributed by atoms with Crippen molar-refractivity contribution in [3.8, 4) is 5.75 Å². The Morgan fingerprint density at radius 2 is 1.85 bits per heavy atom. The van der Waals surface area contributed by atoms with Crippen LogP contribution < -0.4 is 10.1 Å². The molecule has 0 heterocycles. The van der Waals surface area contributed by atoms with E-state index in [-0.39, 0.29) is 5.91 Å². The molecule has 1 amide bonds. The highest BCUT2D eigenvalue weighted by molar-refractivity contribution is 5.92. The molecule has 2 aromatic rings. The Morgan fingerprint density at radius 3 is 2.62 bits per heavy atom. The van der Waals surface area contributed by atoms with Gasteiger partial charge in [-0.05, 0) is 31.2 Å². The summed E-state index contributed by atoms with van der Waals surface area (Å²) in [5.41, 5.74) is 1.97. The topological polar surface area (TPSA) is 41.6 Å². The van der Waals surface area contributed by atoms with E-state index in [4.69, 9.17) is 4.74 Å². The zero-order valence-corrected chi connectivity index (χ0v) is 15.9. The van der Waals surface area contributed by atoms with Crippen molar-refractivity contribution in [2.24, 2.45) is 0 Å². The molecule has 0 aliphatic carbocycles. The predicted octanol–water partition coefficient (Wildman–Crippen LogP) is 4.72. The largest absolute Gasteiger partial charge is 0.494 e. The van der Waals surface area contributed by atoms with Gasteiger partial charge in [-0.3, -0.25) is 9.69 Å². The smallest absolute Gasteiger partial charge is 0.238 e. The van der Waals surface area contributed by atoms with Crippen molar-refractivity contribution in [2.45, 2.75) is 39.2 Å². The van der Waals surface area contributed by atoms with E-state index in [0.29, 0.717) is 6.54 Å². The highest BCUT2D eigenvalue weighted by Crippen LogP contribution is 2.18. The lowest BCUT2D eigenvalue weighted by Crippen LogP contribution is -2.29. The molecule has 140 valence electrons. The number of hydrogen-bond donors (Lipinski definition) is 1. The molecule has 1 N–H and O–H groups in total. The fourth-order valence-electron chi connectivity index (χ4n) is 2.78. The van der Waals surface area contributed by atoms with Crippen molar-refractivity contribution in [1.29, 1.82) is 0 Å². The molecular weight excluding hydrogens is 324 g/mol. The molecule has 0 aliphatic rings. The Bertz CT molecular complexity index is 658. The molecule has 26 heavy (non-hydrogen) atoms. The Labute approximate surface area is 157 Å². The molecule has 2 aromatic carbocycles. The average molecular weight is 354 g/mol. The second-order valence-electron chi connectivity index (χ2n) is 6.64. The van der Waals surface area contributed by atoms with Crippen LogP contribution in [-0.2, 0) is 11.3 Å². The van der Waals surface area contributed by atoms with Gasteiger partial charge < -0.3 is 10.1 Å². The molecule has 0 spiro atoms. The molecule has 0 unspecified atom stereocenters. The van der Waals surface area contributed by atoms with Crippen LogP contribution >= 0.6 is 0 Å².